The van der Waals surface area contributed by atoms with Gasteiger partial charge >= 0.3 is 12.1 Å². The fourth-order valence-electron chi connectivity index (χ4n) is 11.4. The van der Waals surface area contributed by atoms with Crippen molar-refractivity contribution in [2.45, 2.75) is 266 Å². The average molecular weight is 1300 g/mol. The van der Waals surface area contributed by atoms with Crippen LogP contribution >= 0.6 is 0 Å². The minimum Gasteiger partial charge on any atom is -0.465 e. The molecule has 14 heteroatoms. The topological polar surface area (TPSA) is 184 Å². The lowest BCUT2D eigenvalue weighted by Crippen LogP contribution is -2.48. The van der Waals surface area contributed by atoms with E-state index in [0.717, 1.165) is 53.5 Å². The van der Waals surface area contributed by atoms with Gasteiger partial charge in [-0.2, -0.15) is 0 Å². The molecule has 0 atom stereocenters. The molecule has 4 aromatic carbocycles. The van der Waals surface area contributed by atoms with Crippen molar-refractivity contribution in [3.8, 4) is 0 Å². The highest BCUT2D eigenvalue weighted by molar-refractivity contribution is 6.10. The van der Waals surface area contributed by atoms with Gasteiger partial charge in [-0.15, -0.1) is 0 Å². The predicted molar refractivity (Wildman–Crippen MR) is 388 cm³/mol. The number of likely N-dealkylation sites (N-methyl/N-ethyl adjacent to an activating group) is 1. The Morgan fingerprint density at radius 3 is 0.926 bits per heavy atom. The lowest BCUT2D eigenvalue weighted by molar-refractivity contribution is -0.143. The van der Waals surface area contributed by atoms with Gasteiger partial charge in [-0.05, 0) is 125 Å². The van der Waals surface area contributed by atoms with E-state index >= 15 is 0 Å². The summed E-state index contributed by atoms with van der Waals surface area (Å²) in [5.41, 5.74) is 4.29. The minimum absolute atomic E-state index is 0.192. The number of hydrogen-bond acceptors (Lipinski definition) is 9. The standard InChI is InChI=1S/C80H124N6O8/c1-8-10-12-14-16-18-20-22-24-26-28-30-32-34-36-38-60-93-73(87)64-69-42-40-65(41-43-69)62-66-44-50-70(51-45-66)83-76(90)79(3,4)74(88)81-56-58-86(7)59-57-82-75(89)80(5,6)77(91)84-71-52-46-67(47-53-71)63-68-48-54-72(55-49-68)85-78(92)94-61-39-37-35-33-31-29-27-25-23-21-19-17-15-13-11-9-2/h40-55H,8-39,56-64H2,1-7H3,(H,81,88)(H,82,89)(H,83,90)(H,84,91)(H,85,92). The third-order valence-electron chi connectivity index (χ3n) is 18.1. The molecule has 0 aliphatic carbocycles. The van der Waals surface area contributed by atoms with E-state index in [1.165, 1.54) is 180 Å². The number of nitrogens with one attached hydrogen (secondary N) is 5. The van der Waals surface area contributed by atoms with Gasteiger partial charge in [0, 0.05) is 43.2 Å². The summed E-state index contributed by atoms with van der Waals surface area (Å²) in [4.78, 5) is 80.2. The van der Waals surface area contributed by atoms with E-state index in [4.69, 9.17) is 9.47 Å². The van der Waals surface area contributed by atoms with Crippen molar-refractivity contribution < 1.29 is 38.2 Å². The third kappa shape index (κ3) is 35.3. The van der Waals surface area contributed by atoms with Crippen molar-refractivity contribution >= 4 is 52.8 Å². The van der Waals surface area contributed by atoms with Crippen LogP contribution in [0.25, 0.3) is 0 Å². The van der Waals surface area contributed by atoms with Crippen LogP contribution in [0.3, 0.4) is 0 Å². The fourth-order valence-corrected chi connectivity index (χ4v) is 11.4. The van der Waals surface area contributed by atoms with Crippen molar-refractivity contribution in [2.75, 3.05) is 62.4 Å². The molecule has 0 heterocycles. The molecular weight excluding hydrogens is 1170 g/mol. The number of ether oxygens (including phenoxy) is 2. The number of amides is 5. The summed E-state index contributed by atoms with van der Waals surface area (Å²) < 4.78 is 11.0. The van der Waals surface area contributed by atoms with E-state index in [2.05, 4.69) is 40.4 Å². The van der Waals surface area contributed by atoms with Gasteiger partial charge in [0.15, 0.2) is 0 Å². The van der Waals surface area contributed by atoms with Crippen LogP contribution in [0.2, 0.25) is 0 Å². The average Bonchev–Trinajstić information content (AvgIpc) is 0.883. The first kappa shape index (κ1) is 79.9. The first-order valence-electron chi connectivity index (χ1n) is 36.8. The zero-order chi connectivity index (χ0) is 67.9. The number of benzene rings is 4. The second-order valence-corrected chi connectivity index (χ2v) is 27.5. The van der Waals surface area contributed by atoms with Gasteiger partial charge in [0.25, 0.3) is 0 Å². The van der Waals surface area contributed by atoms with Crippen LogP contribution in [0.5, 0.6) is 0 Å². The molecule has 5 amide bonds. The van der Waals surface area contributed by atoms with Crippen molar-refractivity contribution in [3.05, 3.63) is 125 Å². The van der Waals surface area contributed by atoms with E-state index < -0.39 is 40.6 Å². The van der Waals surface area contributed by atoms with Crippen LogP contribution in [0, 0.1) is 10.8 Å². The zero-order valence-electron chi connectivity index (χ0n) is 59.4. The largest absolute Gasteiger partial charge is 0.465 e. The highest BCUT2D eigenvalue weighted by atomic mass is 16.5. The van der Waals surface area contributed by atoms with Crippen LogP contribution in [-0.4, -0.2) is 87.0 Å². The number of anilines is 3. The van der Waals surface area contributed by atoms with Crippen LogP contribution < -0.4 is 26.6 Å². The number of esters is 1. The second kappa shape index (κ2) is 48.2. The van der Waals surface area contributed by atoms with E-state index in [1.54, 1.807) is 27.7 Å². The molecule has 0 radical (unpaired) electrons. The molecule has 4 aromatic rings. The van der Waals surface area contributed by atoms with Crippen molar-refractivity contribution in [1.82, 2.24) is 15.5 Å². The maximum atomic E-state index is 13.4. The van der Waals surface area contributed by atoms with E-state index in [0.29, 0.717) is 56.2 Å². The van der Waals surface area contributed by atoms with Gasteiger partial charge in [-0.25, -0.2) is 4.79 Å². The number of carbonyl (C=O) groups excluding carboxylic acids is 6. The molecular formula is C80H124N6O8. The number of carbonyl (C=O) groups is 6. The molecule has 14 nitrogen and oxygen atoms in total. The Bertz CT molecular complexity index is 2520. The van der Waals surface area contributed by atoms with Gasteiger partial charge < -0.3 is 35.6 Å². The fraction of sp³-hybridized carbons (Fsp3) is 0.625. The van der Waals surface area contributed by atoms with Gasteiger partial charge in [0.1, 0.15) is 10.8 Å². The normalized spacial score (nSPS) is 11.5. The summed E-state index contributed by atoms with van der Waals surface area (Å²) >= 11 is 0. The highest BCUT2D eigenvalue weighted by Gasteiger charge is 2.37. The van der Waals surface area contributed by atoms with E-state index in [1.807, 2.05) is 109 Å². The number of rotatable bonds is 53. The molecule has 0 unspecified atom stereocenters. The molecule has 0 aliphatic heterocycles. The quantitative estimate of drug-likeness (QED) is 0.0163. The zero-order valence-corrected chi connectivity index (χ0v) is 59.4. The molecule has 94 heavy (non-hydrogen) atoms. The van der Waals surface area contributed by atoms with Crippen LogP contribution in [0.4, 0.5) is 21.9 Å². The molecule has 0 bridgehead atoms. The number of nitrogens with zero attached hydrogens (tertiary/aromatic N) is 1. The monoisotopic (exact) mass is 1300 g/mol. The highest BCUT2D eigenvalue weighted by Crippen LogP contribution is 2.24. The van der Waals surface area contributed by atoms with Crippen molar-refractivity contribution in [1.29, 1.82) is 0 Å². The Balaban J connectivity index is 1.01. The molecule has 5 N–H and O–H groups in total. The van der Waals surface area contributed by atoms with E-state index in [9.17, 15) is 28.8 Å². The lowest BCUT2D eigenvalue weighted by atomic mass is 9.91. The Labute approximate surface area is 568 Å². The first-order chi connectivity index (χ1) is 45.5. The number of unbranched alkanes of at least 4 members (excludes halogenated alkanes) is 30. The molecule has 0 spiro atoms. The molecule has 522 valence electrons. The van der Waals surface area contributed by atoms with Crippen LogP contribution in [0.1, 0.15) is 275 Å². The smallest absolute Gasteiger partial charge is 0.411 e. The summed E-state index contributed by atoms with van der Waals surface area (Å²) in [7, 11) is 1.87. The van der Waals surface area contributed by atoms with Gasteiger partial charge in [0.05, 0.1) is 19.6 Å². The van der Waals surface area contributed by atoms with E-state index in [-0.39, 0.29) is 25.5 Å². The molecule has 0 fully saturated rings. The molecule has 0 aromatic heterocycles. The van der Waals surface area contributed by atoms with Crippen molar-refractivity contribution in [3.63, 3.8) is 0 Å². The van der Waals surface area contributed by atoms with Gasteiger partial charge in [-0.3, -0.25) is 29.3 Å². The summed E-state index contributed by atoms with van der Waals surface area (Å²) in [5, 5.41) is 14.4. The molecule has 0 saturated carbocycles. The minimum atomic E-state index is -1.36. The third-order valence-corrected chi connectivity index (χ3v) is 18.1. The summed E-state index contributed by atoms with van der Waals surface area (Å²) in [6, 6.07) is 30.8. The van der Waals surface area contributed by atoms with Crippen LogP contribution in [-0.2, 0) is 52.7 Å². The number of hydrogen-bond donors (Lipinski definition) is 5. The predicted octanol–water partition coefficient (Wildman–Crippen LogP) is 18.8. The lowest BCUT2D eigenvalue weighted by Gasteiger charge is -2.25. The summed E-state index contributed by atoms with van der Waals surface area (Å²) in [6.07, 6.45) is 42.9. The van der Waals surface area contributed by atoms with Crippen LogP contribution in [0.15, 0.2) is 97.1 Å². The SMILES string of the molecule is CCCCCCCCCCCCCCCCCCOC(=O)Cc1ccc(Cc2ccc(NC(=O)C(C)(C)C(=O)NCCN(C)CCNC(=O)C(C)(C)C(=O)Nc3ccc(Cc4ccc(NC(=O)OCCCCCCCCCCCCCCCCCC)cc4)cc3)cc2)cc1. The Morgan fingerprint density at radius 1 is 0.340 bits per heavy atom. The van der Waals surface area contributed by atoms with Crippen molar-refractivity contribution in [2.24, 2.45) is 10.8 Å². The molecule has 4 rings (SSSR count). The molecule has 0 saturated heterocycles. The Morgan fingerprint density at radius 2 is 0.606 bits per heavy atom. The summed E-state index contributed by atoms with van der Waals surface area (Å²) in [5.74, 6) is -1.88. The summed E-state index contributed by atoms with van der Waals surface area (Å²) in [6.45, 7) is 13.3. The van der Waals surface area contributed by atoms with Gasteiger partial charge in [-0.1, -0.05) is 267 Å². The second-order valence-electron chi connectivity index (χ2n) is 27.5. The first-order valence-corrected chi connectivity index (χ1v) is 36.8. The Hall–Kier alpha value is -6.54. The maximum Gasteiger partial charge on any atom is 0.411 e. The Kier molecular flexibility index (Phi) is 41.0. The molecule has 0 aliphatic rings. The van der Waals surface area contributed by atoms with Gasteiger partial charge in [0.2, 0.25) is 23.6 Å². The maximum absolute atomic E-state index is 13.4.